The highest BCUT2D eigenvalue weighted by Gasteiger charge is 2.20. The van der Waals surface area contributed by atoms with Crippen LogP contribution in [0.15, 0.2) is 92.0 Å². The first-order valence-electron chi connectivity index (χ1n) is 13.9. The minimum Gasteiger partial charge on any atom is -0.0949 e. The van der Waals surface area contributed by atoms with Crippen LogP contribution >= 0.6 is 0 Å². The molecule has 36 heavy (non-hydrogen) atoms. The fourth-order valence-corrected chi connectivity index (χ4v) is 6.13. The molecule has 0 heteroatoms. The first kappa shape index (κ1) is 24.6. The zero-order valence-electron chi connectivity index (χ0n) is 21.9. The summed E-state index contributed by atoms with van der Waals surface area (Å²) < 4.78 is 0. The molecule has 3 aromatic rings. The van der Waals surface area contributed by atoms with E-state index in [0.717, 1.165) is 17.9 Å². The van der Waals surface area contributed by atoms with Gasteiger partial charge in [-0.3, -0.25) is 0 Å². The van der Waals surface area contributed by atoms with E-state index in [9.17, 15) is 0 Å². The number of allylic oxidation sites excluding steroid dienone is 4. The van der Waals surface area contributed by atoms with Crippen molar-refractivity contribution in [2.24, 2.45) is 11.8 Å². The average molecular weight is 473 g/mol. The fraction of sp³-hybridized carbons (Fsp3) is 0.333. The zero-order chi connectivity index (χ0) is 24.9. The Labute approximate surface area is 218 Å². The van der Waals surface area contributed by atoms with Crippen molar-refractivity contribution in [3.63, 3.8) is 0 Å². The van der Waals surface area contributed by atoms with Crippen molar-refractivity contribution < 1.29 is 0 Å². The van der Waals surface area contributed by atoms with Gasteiger partial charge in [-0.25, -0.2) is 0 Å². The summed E-state index contributed by atoms with van der Waals surface area (Å²) in [6.45, 7) is 11.1. The molecular weight excluding hydrogens is 432 g/mol. The highest BCUT2D eigenvalue weighted by molar-refractivity contribution is 5.74. The van der Waals surface area contributed by atoms with Crippen LogP contribution in [0.5, 0.6) is 0 Å². The smallest absolute Gasteiger partial charge is 0.00241 e. The lowest BCUT2D eigenvalue weighted by Crippen LogP contribution is -2.07. The molecule has 3 aromatic carbocycles. The first-order valence-corrected chi connectivity index (χ1v) is 13.9. The van der Waals surface area contributed by atoms with Crippen molar-refractivity contribution in [3.8, 4) is 0 Å². The van der Waals surface area contributed by atoms with E-state index in [2.05, 4.69) is 99.0 Å². The van der Waals surface area contributed by atoms with Crippen LogP contribution in [0.3, 0.4) is 0 Å². The van der Waals surface area contributed by atoms with Crippen LogP contribution < -0.4 is 0 Å². The molecule has 0 saturated heterocycles. The molecule has 1 saturated carbocycles. The normalized spacial score (nSPS) is 18.1. The molecule has 1 atom stereocenters. The molecule has 0 nitrogen and oxygen atoms in total. The van der Waals surface area contributed by atoms with Gasteiger partial charge in [0.2, 0.25) is 0 Å². The van der Waals surface area contributed by atoms with Crippen molar-refractivity contribution in [1.82, 2.24) is 0 Å². The topological polar surface area (TPSA) is 0 Å². The average Bonchev–Trinajstić information content (AvgIpc) is 3.44. The molecule has 0 amide bonds. The molecule has 0 spiro atoms. The van der Waals surface area contributed by atoms with Gasteiger partial charge in [0.15, 0.2) is 0 Å². The molecule has 1 fully saturated rings. The van der Waals surface area contributed by atoms with Gasteiger partial charge in [-0.15, -0.1) is 0 Å². The van der Waals surface area contributed by atoms with Crippen LogP contribution in [-0.4, -0.2) is 0 Å². The Morgan fingerprint density at radius 2 is 1.56 bits per heavy atom. The van der Waals surface area contributed by atoms with Gasteiger partial charge >= 0.3 is 0 Å². The Kier molecular flexibility index (Phi) is 7.71. The molecule has 0 heterocycles. The zero-order valence-corrected chi connectivity index (χ0v) is 21.9. The summed E-state index contributed by atoms with van der Waals surface area (Å²) in [7, 11) is 0. The molecule has 0 bridgehead atoms. The number of rotatable bonds is 8. The van der Waals surface area contributed by atoms with Crippen LogP contribution in [0.1, 0.15) is 78.3 Å². The summed E-state index contributed by atoms with van der Waals surface area (Å²) in [6.07, 6.45) is 13.9. The molecule has 1 unspecified atom stereocenters. The van der Waals surface area contributed by atoms with E-state index in [-0.39, 0.29) is 0 Å². The van der Waals surface area contributed by atoms with Gasteiger partial charge in [0.25, 0.3) is 0 Å². The van der Waals surface area contributed by atoms with Gasteiger partial charge in [-0.2, -0.15) is 0 Å². The lowest BCUT2D eigenvalue weighted by Gasteiger charge is -2.24. The third-order valence-electron chi connectivity index (χ3n) is 8.44. The maximum absolute atomic E-state index is 4.55. The van der Waals surface area contributed by atoms with Crippen LogP contribution in [-0.2, 0) is 12.8 Å². The standard InChI is InChI=1S/C36H40/c1-26-16-19-35(25-36(26)23-29-10-7-8-11-29)34-15-9-14-33(24-34)28(3)32-20-17-30(18-21-32)22-27(2)31-12-5-4-6-13-31/h4-6,12-13,16-21,24-25,29,33H,2-3,7-11,14-15,22-23H2,1H3. The predicted octanol–water partition coefficient (Wildman–Crippen LogP) is 9.88. The molecule has 184 valence electrons. The molecule has 0 aliphatic heterocycles. The number of aryl methyl sites for hydroxylation is 1. The van der Waals surface area contributed by atoms with E-state index in [1.807, 2.05) is 0 Å². The Bertz CT molecular complexity index is 1230. The highest BCUT2D eigenvalue weighted by atomic mass is 14.3. The second kappa shape index (κ2) is 11.3. The Hall–Kier alpha value is -3.12. The SMILES string of the molecule is C=C(Cc1ccc(C(=C)C2C=C(c3ccc(C)c(CC4CCCC4)c3)CCC2)cc1)c1ccccc1. The molecule has 0 N–H and O–H groups in total. The third kappa shape index (κ3) is 5.81. The lowest BCUT2D eigenvalue weighted by atomic mass is 9.80. The van der Waals surface area contributed by atoms with Crippen molar-refractivity contribution in [2.75, 3.05) is 0 Å². The summed E-state index contributed by atoms with van der Waals surface area (Å²) >= 11 is 0. The summed E-state index contributed by atoms with van der Waals surface area (Å²) in [5, 5.41) is 0. The van der Waals surface area contributed by atoms with Crippen LogP contribution in [0.4, 0.5) is 0 Å². The Morgan fingerprint density at radius 3 is 2.31 bits per heavy atom. The fourth-order valence-electron chi connectivity index (χ4n) is 6.13. The number of benzene rings is 3. The predicted molar refractivity (Wildman–Crippen MR) is 157 cm³/mol. The molecule has 2 aliphatic carbocycles. The number of hydrogen-bond acceptors (Lipinski definition) is 0. The van der Waals surface area contributed by atoms with Gasteiger partial charge in [0.1, 0.15) is 0 Å². The second-order valence-corrected chi connectivity index (χ2v) is 11.1. The minimum absolute atomic E-state index is 0.415. The van der Waals surface area contributed by atoms with Gasteiger partial charge in [0, 0.05) is 5.92 Å². The summed E-state index contributed by atoms with van der Waals surface area (Å²) in [6, 6.07) is 26.7. The lowest BCUT2D eigenvalue weighted by molar-refractivity contribution is 0.545. The van der Waals surface area contributed by atoms with Gasteiger partial charge < -0.3 is 0 Å². The maximum Gasteiger partial charge on any atom is 0.00241 e. The summed E-state index contributed by atoms with van der Waals surface area (Å²) in [5.41, 5.74) is 12.1. The molecule has 5 rings (SSSR count). The van der Waals surface area contributed by atoms with Crippen molar-refractivity contribution in [3.05, 3.63) is 125 Å². The first-order chi connectivity index (χ1) is 17.6. The largest absolute Gasteiger partial charge is 0.0949 e. The highest BCUT2D eigenvalue weighted by Crippen LogP contribution is 2.38. The molecular formula is C36H40. The van der Waals surface area contributed by atoms with Crippen LogP contribution in [0, 0.1) is 18.8 Å². The van der Waals surface area contributed by atoms with Gasteiger partial charge in [0.05, 0.1) is 0 Å². The van der Waals surface area contributed by atoms with E-state index >= 15 is 0 Å². The molecule has 0 aromatic heterocycles. The van der Waals surface area contributed by atoms with Crippen molar-refractivity contribution in [2.45, 2.75) is 64.7 Å². The maximum atomic E-state index is 4.55. The van der Waals surface area contributed by atoms with E-state index in [0.29, 0.717) is 5.92 Å². The number of hydrogen-bond donors (Lipinski definition) is 0. The van der Waals surface area contributed by atoms with E-state index in [1.54, 1.807) is 5.56 Å². The third-order valence-corrected chi connectivity index (χ3v) is 8.44. The van der Waals surface area contributed by atoms with E-state index < -0.39 is 0 Å². The van der Waals surface area contributed by atoms with E-state index in [1.165, 1.54) is 90.3 Å². The summed E-state index contributed by atoms with van der Waals surface area (Å²) in [5.74, 6) is 1.30. The van der Waals surface area contributed by atoms with Crippen LogP contribution in [0.2, 0.25) is 0 Å². The van der Waals surface area contributed by atoms with Gasteiger partial charge in [-0.05, 0) is 95.0 Å². The van der Waals surface area contributed by atoms with Gasteiger partial charge in [-0.1, -0.05) is 118 Å². The minimum atomic E-state index is 0.415. The van der Waals surface area contributed by atoms with Crippen LogP contribution in [0.25, 0.3) is 16.7 Å². The Balaban J connectivity index is 1.28. The van der Waals surface area contributed by atoms with E-state index in [4.69, 9.17) is 0 Å². The molecule has 2 aliphatic rings. The quantitative estimate of drug-likeness (QED) is 0.306. The van der Waals surface area contributed by atoms with Crippen molar-refractivity contribution >= 4 is 16.7 Å². The van der Waals surface area contributed by atoms with Crippen molar-refractivity contribution in [1.29, 1.82) is 0 Å². The monoisotopic (exact) mass is 472 g/mol. The second-order valence-electron chi connectivity index (χ2n) is 11.1. The molecule has 0 radical (unpaired) electrons. The Morgan fingerprint density at radius 1 is 0.806 bits per heavy atom. The summed E-state index contributed by atoms with van der Waals surface area (Å²) in [4.78, 5) is 0.